The molecule has 0 saturated heterocycles. The third-order valence-corrected chi connectivity index (χ3v) is 7.27. The topological polar surface area (TPSA) is 86.2 Å². The number of sulfone groups is 1. The van der Waals surface area contributed by atoms with E-state index < -0.39 is 9.84 Å². The molecule has 172 valence electrons. The lowest BCUT2D eigenvalue weighted by Gasteiger charge is -2.04. The molecule has 0 N–H and O–H groups in total. The number of oxazole rings is 2. The highest BCUT2D eigenvalue weighted by Crippen LogP contribution is 2.31. The Labute approximate surface area is 197 Å². The molecule has 0 unspecified atom stereocenters. The van der Waals surface area contributed by atoms with Crippen molar-refractivity contribution >= 4 is 32.0 Å². The van der Waals surface area contributed by atoms with E-state index in [1.807, 2.05) is 0 Å². The predicted molar refractivity (Wildman–Crippen MR) is 124 cm³/mol. The summed E-state index contributed by atoms with van der Waals surface area (Å²) in [5, 5.41) is 0. The van der Waals surface area contributed by atoms with Crippen molar-refractivity contribution in [3.8, 4) is 22.9 Å². The van der Waals surface area contributed by atoms with Crippen molar-refractivity contribution in [2.45, 2.75) is 9.79 Å². The number of benzene rings is 4. The smallest absolute Gasteiger partial charge is 0.227 e. The first-order valence-corrected chi connectivity index (χ1v) is 11.9. The van der Waals surface area contributed by atoms with Crippen LogP contribution in [0.4, 0.5) is 8.78 Å². The summed E-state index contributed by atoms with van der Waals surface area (Å²) in [5.74, 6) is -0.254. The first-order chi connectivity index (χ1) is 16.9. The zero-order valence-corrected chi connectivity index (χ0v) is 18.6. The molecule has 0 bridgehead atoms. The van der Waals surface area contributed by atoms with Crippen molar-refractivity contribution in [1.82, 2.24) is 9.97 Å². The lowest BCUT2D eigenvalue weighted by atomic mass is 10.2. The van der Waals surface area contributed by atoms with E-state index >= 15 is 0 Å². The van der Waals surface area contributed by atoms with E-state index in [0.717, 1.165) is 0 Å². The van der Waals surface area contributed by atoms with Crippen LogP contribution in [-0.2, 0) is 9.84 Å². The van der Waals surface area contributed by atoms with Crippen LogP contribution in [0.2, 0.25) is 0 Å². The summed E-state index contributed by atoms with van der Waals surface area (Å²) in [7, 11) is -3.92. The summed E-state index contributed by atoms with van der Waals surface area (Å²) in [5.41, 5.74) is 2.64. The molecule has 0 radical (unpaired) electrons. The third-order valence-electron chi connectivity index (χ3n) is 5.52. The Balaban J connectivity index is 1.37. The van der Waals surface area contributed by atoms with E-state index in [1.54, 1.807) is 12.1 Å². The Morgan fingerprint density at radius 2 is 0.971 bits per heavy atom. The Hall–Kier alpha value is -4.37. The largest absolute Gasteiger partial charge is 0.436 e. The molecule has 0 spiro atoms. The van der Waals surface area contributed by atoms with Gasteiger partial charge in [0, 0.05) is 23.3 Å². The Kier molecular flexibility index (Phi) is 4.75. The van der Waals surface area contributed by atoms with E-state index in [0.29, 0.717) is 22.2 Å². The molecule has 0 aliphatic carbocycles. The molecule has 35 heavy (non-hydrogen) atoms. The molecule has 0 saturated carbocycles. The molecule has 9 heteroatoms. The molecule has 6 rings (SSSR count). The summed E-state index contributed by atoms with van der Waals surface area (Å²) in [6.07, 6.45) is 0. The van der Waals surface area contributed by atoms with Gasteiger partial charge in [-0.1, -0.05) is 0 Å². The molecular formula is C26H14F2N2O4S. The fourth-order valence-electron chi connectivity index (χ4n) is 3.71. The van der Waals surface area contributed by atoms with E-state index in [2.05, 4.69) is 9.97 Å². The van der Waals surface area contributed by atoms with Gasteiger partial charge in [0.05, 0.1) is 9.79 Å². The highest BCUT2D eigenvalue weighted by molar-refractivity contribution is 7.91. The summed E-state index contributed by atoms with van der Waals surface area (Å²) >= 11 is 0. The maximum atomic E-state index is 13.3. The number of fused-ring (bicyclic) bond motifs is 2. The highest BCUT2D eigenvalue weighted by Gasteiger charge is 2.21. The van der Waals surface area contributed by atoms with Crippen molar-refractivity contribution in [2.24, 2.45) is 0 Å². The fourth-order valence-corrected chi connectivity index (χ4v) is 5.00. The van der Waals surface area contributed by atoms with Crippen LogP contribution in [0.25, 0.3) is 45.1 Å². The van der Waals surface area contributed by atoms with Crippen molar-refractivity contribution in [3.63, 3.8) is 0 Å². The van der Waals surface area contributed by atoms with E-state index in [9.17, 15) is 17.2 Å². The van der Waals surface area contributed by atoms with Gasteiger partial charge in [0.1, 0.15) is 22.7 Å². The molecule has 0 aliphatic rings. The maximum Gasteiger partial charge on any atom is 0.227 e. The summed E-state index contributed by atoms with van der Waals surface area (Å²) < 4.78 is 64.6. The second kappa shape index (κ2) is 7.85. The number of halogens is 2. The van der Waals surface area contributed by atoms with E-state index in [1.165, 1.54) is 72.8 Å². The number of hydrogen-bond acceptors (Lipinski definition) is 6. The lowest BCUT2D eigenvalue weighted by Crippen LogP contribution is -2.01. The normalized spacial score (nSPS) is 11.9. The van der Waals surface area contributed by atoms with Gasteiger partial charge in [-0.15, -0.1) is 0 Å². The van der Waals surface area contributed by atoms with Crippen molar-refractivity contribution < 1.29 is 26.0 Å². The van der Waals surface area contributed by atoms with Gasteiger partial charge in [-0.3, -0.25) is 0 Å². The average molecular weight is 488 g/mol. The van der Waals surface area contributed by atoms with Crippen molar-refractivity contribution in [1.29, 1.82) is 0 Å². The minimum atomic E-state index is -3.92. The van der Waals surface area contributed by atoms with E-state index in [-0.39, 0.29) is 44.4 Å². The van der Waals surface area contributed by atoms with Crippen LogP contribution in [-0.4, -0.2) is 18.4 Å². The van der Waals surface area contributed by atoms with E-state index in [4.69, 9.17) is 8.83 Å². The van der Waals surface area contributed by atoms with Gasteiger partial charge >= 0.3 is 0 Å². The number of rotatable bonds is 4. The second-order valence-electron chi connectivity index (χ2n) is 7.81. The lowest BCUT2D eigenvalue weighted by molar-refractivity contribution is 0.592. The molecule has 0 aliphatic heterocycles. The number of hydrogen-bond donors (Lipinski definition) is 0. The maximum absolute atomic E-state index is 13.3. The SMILES string of the molecule is O=S(=O)(c1ccc2nc(-c3ccc(F)cc3)oc2c1)c1ccc2nc(-c3ccc(F)cc3)oc2c1. The average Bonchev–Trinajstić information content (AvgIpc) is 3.48. The van der Waals surface area contributed by atoms with Crippen LogP contribution >= 0.6 is 0 Å². The van der Waals surface area contributed by atoms with Crippen LogP contribution in [0.3, 0.4) is 0 Å². The van der Waals surface area contributed by atoms with Gasteiger partial charge in [-0.2, -0.15) is 0 Å². The standard InChI is InChI=1S/C26H14F2N2O4S/c27-17-5-1-15(2-6-17)25-29-21-11-9-19(13-23(21)33-25)35(31,32)20-10-12-22-24(14-20)34-26(30-22)16-3-7-18(28)8-4-16/h1-14H. The molecule has 4 aromatic carbocycles. The molecule has 2 heterocycles. The summed E-state index contributed by atoms with van der Waals surface area (Å²) in [4.78, 5) is 8.75. The first-order valence-electron chi connectivity index (χ1n) is 10.4. The molecule has 6 nitrogen and oxygen atoms in total. The zero-order chi connectivity index (χ0) is 24.2. The zero-order valence-electron chi connectivity index (χ0n) is 17.8. The molecule has 0 amide bonds. The van der Waals surface area contributed by atoms with Gasteiger partial charge in [-0.05, 0) is 72.8 Å². The number of aromatic nitrogens is 2. The van der Waals surface area contributed by atoms with Gasteiger partial charge in [-0.25, -0.2) is 27.2 Å². The van der Waals surface area contributed by atoms with Crippen molar-refractivity contribution in [3.05, 3.63) is 96.6 Å². The van der Waals surface area contributed by atoms with Crippen molar-refractivity contribution in [2.75, 3.05) is 0 Å². The predicted octanol–water partition coefficient (Wildman–Crippen LogP) is 6.41. The quantitative estimate of drug-likeness (QED) is 0.285. The molecular weight excluding hydrogens is 474 g/mol. The van der Waals surface area contributed by atoms with Crippen LogP contribution in [0, 0.1) is 11.6 Å². The highest BCUT2D eigenvalue weighted by atomic mass is 32.2. The molecule has 0 atom stereocenters. The monoisotopic (exact) mass is 488 g/mol. The van der Waals surface area contributed by atoms with Crippen LogP contribution in [0.15, 0.2) is 104 Å². The van der Waals surface area contributed by atoms with Gasteiger partial charge in [0.25, 0.3) is 0 Å². The Morgan fingerprint density at radius 3 is 1.37 bits per heavy atom. The molecule has 0 fully saturated rings. The first kappa shape index (κ1) is 21.2. The van der Waals surface area contributed by atoms with Crippen LogP contribution in [0.1, 0.15) is 0 Å². The molecule has 6 aromatic rings. The third kappa shape index (κ3) is 3.75. The van der Waals surface area contributed by atoms with Gasteiger partial charge < -0.3 is 8.83 Å². The molecule has 2 aromatic heterocycles. The summed E-state index contributed by atoms with van der Waals surface area (Å²) in [6, 6.07) is 20.1. The minimum absolute atomic E-state index is 0.0180. The van der Waals surface area contributed by atoms with Gasteiger partial charge in [0.15, 0.2) is 11.2 Å². The Bertz CT molecular complexity index is 1690. The van der Waals surface area contributed by atoms with Gasteiger partial charge in [0.2, 0.25) is 21.6 Å². The second-order valence-corrected chi connectivity index (χ2v) is 9.76. The number of nitrogens with zero attached hydrogens (tertiary/aromatic N) is 2. The van der Waals surface area contributed by atoms with Crippen LogP contribution < -0.4 is 0 Å². The Morgan fingerprint density at radius 1 is 0.571 bits per heavy atom. The summed E-state index contributed by atoms with van der Waals surface area (Å²) in [6.45, 7) is 0. The minimum Gasteiger partial charge on any atom is -0.436 e. The fraction of sp³-hybridized carbons (Fsp3) is 0. The van der Waals surface area contributed by atoms with Crippen LogP contribution in [0.5, 0.6) is 0 Å².